The van der Waals surface area contributed by atoms with Gasteiger partial charge in [-0.05, 0) is 30.3 Å². The van der Waals surface area contributed by atoms with Crippen LogP contribution in [0.25, 0.3) is 0 Å². The zero-order valence-corrected chi connectivity index (χ0v) is 18.2. The van der Waals surface area contributed by atoms with E-state index in [1.165, 1.54) is 24.3 Å². The van der Waals surface area contributed by atoms with Gasteiger partial charge in [0.05, 0.1) is 5.56 Å². The van der Waals surface area contributed by atoms with Gasteiger partial charge in [-0.3, -0.25) is 0 Å². The average molecular weight is 478 g/mol. The second kappa shape index (κ2) is 12.1. The van der Waals surface area contributed by atoms with E-state index in [4.69, 9.17) is 23.7 Å². The van der Waals surface area contributed by atoms with Crippen LogP contribution in [0.5, 0.6) is 28.7 Å². The van der Waals surface area contributed by atoms with E-state index in [2.05, 4.69) is 26.3 Å². The standard InChI is InChI=1S/C25H18O10/c1-5-21(26)32-17-11-9-15(13-19(17)34-23(28)7-3)25(30)31-16-10-12-18(33-22(27)6-2)20(14-16)35-24(29)8-4/h5-14H,1-4H2. The Morgan fingerprint density at radius 2 is 0.914 bits per heavy atom. The number of hydrogen-bond donors (Lipinski definition) is 0. The van der Waals surface area contributed by atoms with Gasteiger partial charge in [-0.1, -0.05) is 26.3 Å². The molecule has 0 saturated heterocycles. The van der Waals surface area contributed by atoms with Crippen LogP contribution in [0.4, 0.5) is 0 Å². The molecule has 0 saturated carbocycles. The van der Waals surface area contributed by atoms with Crippen molar-refractivity contribution in [2.24, 2.45) is 0 Å². The molecule has 0 spiro atoms. The molecule has 0 aliphatic rings. The molecular formula is C25H18O10. The first-order valence-corrected chi connectivity index (χ1v) is 9.58. The monoisotopic (exact) mass is 478 g/mol. The topological polar surface area (TPSA) is 132 Å². The number of benzene rings is 2. The Labute approximate surface area is 199 Å². The SMILES string of the molecule is C=CC(=O)Oc1ccc(OC(=O)c2ccc(OC(=O)C=C)c(OC(=O)C=C)c2)cc1OC(=O)C=C. The fourth-order valence-corrected chi connectivity index (χ4v) is 2.28. The Bertz CT molecular complexity index is 1240. The summed E-state index contributed by atoms with van der Waals surface area (Å²) in [7, 11) is 0. The second-order valence-electron chi connectivity index (χ2n) is 6.16. The molecule has 178 valence electrons. The second-order valence-corrected chi connectivity index (χ2v) is 6.16. The van der Waals surface area contributed by atoms with Gasteiger partial charge in [0, 0.05) is 30.4 Å². The number of carbonyl (C=O) groups excluding carboxylic acids is 5. The summed E-state index contributed by atoms with van der Waals surface area (Å²) in [6, 6.07) is 7.19. The van der Waals surface area contributed by atoms with E-state index in [9.17, 15) is 24.0 Å². The minimum atomic E-state index is -0.917. The molecule has 0 atom stereocenters. The van der Waals surface area contributed by atoms with Crippen molar-refractivity contribution >= 4 is 29.8 Å². The minimum absolute atomic E-state index is 0.0907. The van der Waals surface area contributed by atoms with Crippen molar-refractivity contribution in [2.75, 3.05) is 0 Å². The van der Waals surface area contributed by atoms with Gasteiger partial charge in [0.1, 0.15) is 5.75 Å². The van der Waals surface area contributed by atoms with Gasteiger partial charge in [0.2, 0.25) is 0 Å². The molecule has 0 aliphatic carbocycles. The van der Waals surface area contributed by atoms with E-state index < -0.39 is 29.8 Å². The normalized spacial score (nSPS) is 9.60. The van der Waals surface area contributed by atoms with E-state index >= 15 is 0 Å². The van der Waals surface area contributed by atoms with Gasteiger partial charge in [0.15, 0.2) is 23.0 Å². The molecule has 0 N–H and O–H groups in total. The van der Waals surface area contributed by atoms with Crippen molar-refractivity contribution < 1.29 is 47.7 Å². The highest BCUT2D eigenvalue weighted by Gasteiger charge is 2.19. The summed E-state index contributed by atoms with van der Waals surface area (Å²) in [5, 5.41) is 0. The highest BCUT2D eigenvalue weighted by molar-refractivity contribution is 5.93. The summed E-state index contributed by atoms with van der Waals surface area (Å²) >= 11 is 0. The van der Waals surface area contributed by atoms with Crippen molar-refractivity contribution in [1.82, 2.24) is 0 Å². The van der Waals surface area contributed by atoms with Crippen LogP contribution < -0.4 is 23.7 Å². The van der Waals surface area contributed by atoms with Crippen LogP contribution in [-0.4, -0.2) is 29.8 Å². The van der Waals surface area contributed by atoms with Crippen LogP contribution in [-0.2, 0) is 19.2 Å². The Balaban J connectivity index is 2.36. The molecule has 2 aromatic carbocycles. The van der Waals surface area contributed by atoms with Gasteiger partial charge in [-0.15, -0.1) is 0 Å². The number of ether oxygens (including phenoxy) is 5. The summed E-state index contributed by atoms with van der Waals surface area (Å²) in [6.45, 7) is 13.1. The van der Waals surface area contributed by atoms with E-state index in [1.54, 1.807) is 0 Å². The van der Waals surface area contributed by atoms with Gasteiger partial charge in [0.25, 0.3) is 0 Å². The third-order valence-electron chi connectivity index (χ3n) is 3.81. The first-order chi connectivity index (χ1) is 16.7. The summed E-state index contributed by atoms with van der Waals surface area (Å²) in [4.78, 5) is 59.0. The maximum absolute atomic E-state index is 12.7. The molecule has 0 amide bonds. The summed E-state index contributed by atoms with van der Waals surface area (Å²) in [5.41, 5.74) is -0.0953. The molecule has 35 heavy (non-hydrogen) atoms. The highest BCUT2D eigenvalue weighted by atomic mass is 16.6. The van der Waals surface area contributed by atoms with Crippen molar-refractivity contribution in [3.8, 4) is 28.7 Å². The Morgan fingerprint density at radius 3 is 1.37 bits per heavy atom. The lowest BCUT2D eigenvalue weighted by atomic mass is 10.2. The lowest BCUT2D eigenvalue weighted by Crippen LogP contribution is -2.12. The Kier molecular flexibility index (Phi) is 9.00. The summed E-state index contributed by atoms with van der Waals surface area (Å²) < 4.78 is 25.3. The molecule has 0 aromatic heterocycles. The molecule has 0 bridgehead atoms. The van der Waals surface area contributed by atoms with Gasteiger partial charge in [-0.25, -0.2) is 24.0 Å². The van der Waals surface area contributed by atoms with Gasteiger partial charge in [-0.2, -0.15) is 0 Å². The fourth-order valence-electron chi connectivity index (χ4n) is 2.28. The minimum Gasteiger partial charge on any atom is -0.423 e. The molecule has 10 heteroatoms. The molecule has 0 radical (unpaired) electrons. The van der Waals surface area contributed by atoms with E-state index in [0.29, 0.717) is 0 Å². The molecule has 2 rings (SSSR count). The van der Waals surface area contributed by atoms with E-state index in [1.807, 2.05) is 0 Å². The third-order valence-corrected chi connectivity index (χ3v) is 3.81. The lowest BCUT2D eigenvalue weighted by Gasteiger charge is -2.12. The van der Waals surface area contributed by atoms with Crippen molar-refractivity contribution in [2.45, 2.75) is 0 Å². The molecular weight excluding hydrogens is 460 g/mol. The largest absolute Gasteiger partial charge is 0.423 e. The molecule has 2 aromatic rings. The molecule has 0 fully saturated rings. The number of esters is 5. The number of carbonyl (C=O) groups is 5. The number of hydrogen-bond acceptors (Lipinski definition) is 10. The maximum atomic E-state index is 12.7. The Hall–Kier alpha value is -5.25. The van der Waals surface area contributed by atoms with Crippen molar-refractivity contribution in [3.05, 3.63) is 92.6 Å². The molecule has 0 aliphatic heterocycles. The summed E-state index contributed by atoms with van der Waals surface area (Å²) in [6.07, 6.45) is 3.55. The first kappa shape index (κ1) is 26.0. The quantitative estimate of drug-likeness (QED) is 0.285. The van der Waals surface area contributed by atoms with E-state index in [-0.39, 0.29) is 34.3 Å². The smallest absolute Gasteiger partial charge is 0.343 e. The van der Waals surface area contributed by atoms with Crippen LogP contribution in [0.15, 0.2) is 87.0 Å². The van der Waals surface area contributed by atoms with Crippen molar-refractivity contribution in [1.29, 1.82) is 0 Å². The molecule has 0 heterocycles. The predicted molar refractivity (Wildman–Crippen MR) is 121 cm³/mol. The lowest BCUT2D eigenvalue weighted by molar-refractivity contribution is -0.131. The predicted octanol–water partition coefficient (Wildman–Crippen LogP) is 3.27. The first-order valence-electron chi connectivity index (χ1n) is 9.58. The zero-order valence-electron chi connectivity index (χ0n) is 18.2. The van der Waals surface area contributed by atoms with Crippen LogP contribution in [0.1, 0.15) is 10.4 Å². The Morgan fingerprint density at radius 1 is 0.514 bits per heavy atom. The third kappa shape index (κ3) is 7.39. The van der Waals surface area contributed by atoms with E-state index in [0.717, 1.165) is 36.4 Å². The zero-order chi connectivity index (χ0) is 26.0. The summed E-state index contributed by atoms with van der Waals surface area (Å²) in [5.74, 6) is -5.17. The van der Waals surface area contributed by atoms with Gasteiger partial charge >= 0.3 is 29.8 Å². The van der Waals surface area contributed by atoms with Gasteiger partial charge < -0.3 is 23.7 Å². The fraction of sp³-hybridized carbons (Fsp3) is 0. The van der Waals surface area contributed by atoms with Crippen LogP contribution in [0, 0.1) is 0 Å². The molecule has 0 unspecified atom stereocenters. The average Bonchev–Trinajstić information content (AvgIpc) is 2.85. The number of rotatable bonds is 10. The van der Waals surface area contributed by atoms with Crippen LogP contribution in [0.2, 0.25) is 0 Å². The molecule has 10 nitrogen and oxygen atoms in total. The van der Waals surface area contributed by atoms with Crippen LogP contribution >= 0.6 is 0 Å². The maximum Gasteiger partial charge on any atom is 0.343 e. The van der Waals surface area contributed by atoms with Crippen LogP contribution in [0.3, 0.4) is 0 Å². The highest BCUT2D eigenvalue weighted by Crippen LogP contribution is 2.33. The van der Waals surface area contributed by atoms with Crippen molar-refractivity contribution in [3.63, 3.8) is 0 Å².